The van der Waals surface area contributed by atoms with Gasteiger partial charge in [0.1, 0.15) is 0 Å². The molecule has 3 rings (SSSR count). The molecule has 1 aliphatic carbocycles. The van der Waals surface area contributed by atoms with Gasteiger partial charge in [-0.1, -0.05) is 6.42 Å². The summed E-state index contributed by atoms with van der Waals surface area (Å²) in [5.74, 6) is 0.885. The Kier molecular flexibility index (Phi) is 6.98. The molecule has 2 saturated heterocycles. The zero-order chi connectivity index (χ0) is 15.6. The van der Waals surface area contributed by atoms with Crippen molar-refractivity contribution in [3.63, 3.8) is 0 Å². The second kappa shape index (κ2) is 8.34. The molecule has 3 N–H and O–H groups in total. The number of hydrogen-bond acceptors (Lipinski definition) is 3. The van der Waals surface area contributed by atoms with Gasteiger partial charge in [-0.3, -0.25) is 4.99 Å². The molecule has 0 radical (unpaired) electrons. The summed E-state index contributed by atoms with van der Waals surface area (Å²) in [4.78, 5) is 7.23. The Morgan fingerprint density at radius 1 is 1.22 bits per heavy atom. The van der Waals surface area contributed by atoms with Crippen LogP contribution in [0.15, 0.2) is 4.99 Å². The lowest BCUT2D eigenvalue weighted by Gasteiger charge is -2.47. The van der Waals surface area contributed by atoms with E-state index >= 15 is 0 Å². The van der Waals surface area contributed by atoms with Gasteiger partial charge in [-0.15, -0.1) is 24.0 Å². The standard InChI is InChI=1S/C17H32N4O.HI/c1-3-18-16(19-12-17(22)8-5-9-17)20-13-10-14-6-4-7-15(11-13)21(14)2;/h13-15,22H,3-12H2,1-2H3,(H2,18,19,20);1H. The molecular weight excluding hydrogens is 403 g/mol. The van der Waals surface area contributed by atoms with Crippen LogP contribution in [0.5, 0.6) is 0 Å². The van der Waals surface area contributed by atoms with Crippen LogP contribution in [0.3, 0.4) is 0 Å². The van der Waals surface area contributed by atoms with E-state index in [0.717, 1.165) is 43.9 Å². The number of hydrogen-bond donors (Lipinski definition) is 3. The highest BCUT2D eigenvalue weighted by atomic mass is 127. The van der Waals surface area contributed by atoms with Gasteiger partial charge in [-0.05, 0) is 58.9 Å². The largest absolute Gasteiger partial charge is 0.388 e. The number of nitrogens with zero attached hydrogens (tertiary/aromatic N) is 2. The number of aliphatic hydroxyl groups is 1. The Morgan fingerprint density at radius 2 is 1.87 bits per heavy atom. The van der Waals surface area contributed by atoms with Crippen LogP contribution >= 0.6 is 24.0 Å². The van der Waals surface area contributed by atoms with E-state index in [-0.39, 0.29) is 24.0 Å². The van der Waals surface area contributed by atoms with Gasteiger partial charge in [-0.2, -0.15) is 0 Å². The van der Waals surface area contributed by atoms with Gasteiger partial charge in [0.25, 0.3) is 0 Å². The summed E-state index contributed by atoms with van der Waals surface area (Å²) < 4.78 is 0. The summed E-state index contributed by atoms with van der Waals surface area (Å²) >= 11 is 0. The summed E-state index contributed by atoms with van der Waals surface area (Å²) in [6, 6.07) is 1.97. The lowest BCUT2D eigenvalue weighted by atomic mass is 9.80. The SMILES string of the molecule is CCNC(=NCC1(O)CCC1)NC1CC2CCCC(C1)N2C.I. The van der Waals surface area contributed by atoms with E-state index < -0.39 is 5.60 Å². The van der Waals surface area contributed by atoms with Crippen molar-refractivity contribution in [2.75, 3.05) is 20.1 Å². The first-order valence-corrected chi connectivity index (χ1v) is 9.09. The van der Waals surface area contributed by atoms with Crippen molar-refractivity contribution in [1.82, 2.24) is 15.5 Å². The van der Waals surface area contributed by atoms with Crippen LogP contribution in [0, 0.1) is 0 Å². The molecule has 3 fully saturated rings. The molecule has 0 aromatic carbocycles. The zero-order valence-electron chi connectivity index (χ0n) is 14.6. The molecule has 0 amide bonds. The zero-order valence-corrected chi connectivity index (χ0v) is 16.9. The van der Waals surface area contributed by atoms with E-state index in [1.54, 1.807) is 0 Å². The average molecular weight is 436 g/mol. The van der Waals surface area contributed by atoms with Crippen LogP contribution in [0.4, 0.5) is 0 Å². The van der Waals surface area contributed by atoms with Crippen molar-refractivity contribution >= 4 is 29.9 Å². The lowest BCUT2D eigenvalue weighted by molar-refractivity contribution is -0.0236. The Morgan fingerprint density at radius 3 is 2.39 bits per heavy atom. The maximum atomic E-state index is 10.2. The Bertz CT molecular complexity index is 399. The molecule has 2 heterocycles. The smallest absolute Gasteiger partial charge is 0.191 e. The van der Waals surface area contributed by atoms with E-state index in [9.17, 15) is 5.11 Å². The molecule has 23 heavy (non-hydrogen) atoms. The quantitative estimate of drug-likeness (QED) is 0.359. The fourth-order valence-electron chi connectivity index (χ4n) is 4.22. The minimum Gasteiger partial charge on any atom is -0.388 e. The Labute approximate surface area is 157 Å². The molecule has 3 aliphatic rings. The van der Waals surface area contributed by atoms with Crippen molar-refractivity contribution in [1.29, 1.82) is 0 Å². The maximum absolute atomic E-state index is 10.2. The third kappa shape index (κ3) is 4.72. The maximum Gasteiger partial charge on any atom is 0.191 e. The highest BCUT2D eigenvalue weighted by Gasteiger charge is 2.37. The summed E-state index contributed by atoms with van der Waals surface area (Å²) in [6.45, 7) is 3.49. The van der Waals surface area contributed by atoms with Gasteiger partial charge in [0, 0.05) is 24.7 Å². The van der Waals surface area contributed by atoms with Crippen LogP contribution in [0.2, 0.25) is 0 Å². The van der Waals surface area contributed by atoms with E-state index in [2.05, 4.69) is 34.5 Å². The number of fused-ring (bicyclic) bond motifs is 2. The highest BCUT2D eigenvalue weighted by Crippen LogP contribution is 2.33. The van der Waals surface area contributed by atoms with Crippen LogP contribution in [-0.4, -0.2) is 59.8 Å². The number of aliphatic imine (C=N–C) groups is 1. The van der Waals surface area contributed by atoms with Crippen molar-refractivity contribution in [2.24, 2.45) is 4.99 Å². The minimum atomic E-state index is -0.536. The predicted molar refractivity (Wildman–Crippen MR) is 106 cm³/mol. The van der Waals surface area contributed by atoms with Gasteiger partial charge in [0.15, 0.2) is 5.96 Å². The first-order chi connectivity index (χ1) is 10.6. The molecule has 6 heteroatoms. The Hall–Kier alpha value is -0.0800. The van der Waals surface area contributed by atoms with Crippen LogP contribution in [0.1, 0.15) is 58.3 Å². The van der Waals surface area contributed by atoms with Crippen molar-refractivity contribution < 1.29 is 5.11 Å². The molecule has 0 spiro atoms. The molecule has 2 unspecified atom stereocenters. The van der Waals surface area contributed by atoms with Crippen molar-refractivity contribution in [3.05, 3.63) is 0 Å². The van der Waals surface area contributed by atoms with Gasteiger partial charge in [0.2, 0.25) is 0 Å². The number of guanidine groups is 1. The first-order valence-electron chi connectivity index (χ1n) is 9.09. The van der Waals surface area contributed by atoms with Crippen LogP contribution in [-0.2, 0) is 0 Å². The molecule has 134 valence electrons. The minimum absolute atomic E-state index is 0. The number of halogens is 1. The normalized spacial score (nSPS) is 33.3. The first kappa shape index (κ1) is 19.2. The average Bonchev–Trinajstić information content (AvgIpc) is 2.44. The molecule has 2 atom stereocenters. The summed E-state index contributed by atoms with van der Waals surface area (Å²) in [5.41, 5.74) is -0.536. The fourth-order valence-corrected chi connectivity index (χ4v) is 4.22. The molecule has 5 nitrogen and oxygen atoms in total. The molecule has 0 aromatic rings. The highest BCUT2D eigenvalue weighted by molar-refractivity contribution is 14.0. The van der Waals surface area contributed by atoms with Gasteiger partial charge >= 0.3 is 0 Å². The van der Waals surface area contributed by atoms with E-state index in [1.807, 2.05) is 0 Å². The van der Waals surface area contributed by atoms with Crippen LogP contribution in [0.25, 0.3) is 0 Å². The van der Waals surface area contributed by atoms with Crippen LogP contribution < -0.4 is 10.6 Å². The van der Waals surface area contributed by atoms with Gasteiger partial charge in [-0.25, -0.2) is 0 Å². The second-order valence-corrected chi connectivity index (χ2v) is 7.49. The topological polar surface area (TPSA) is 59.9 Å². The lowest BCUT2D eigenvalue weighted by Crippen LogP contribution is -2.56. The van der Waals surface area contributed by atoms with E-state index in [1.165, 1.54) is 32.1 Å². The van der Waals surface area contributed by atoms with E-state index in [4.69, 9.17) is 0 Å². The summed E-state index contributed by atoms with van der Waals surface area (Å²) in [7, 11) is 2.29. The molecular formula is C17H33IN4O. The number of nitrogens with one attached hydrogen (secondary N) is 2. The fraction of sp³-hybridized carbons (Fsp3) is 0.941. The third-order valence-corrected chi connectivity index (χ3v) is 5.84. The molecule has 0 aromatic heterocycles. The molecule has 1 saturated carbocycles. The third-order valence-electron chi connectivity index (χ3n) is 5.84. The van der Waals surface area contributed by atoms with Gasteiger partial charge in [0.05, 0.1) is 12.1 Å². The summed E-state index contributed by atoms with van der Waals surface area (Å²) in [6.07, 6.45) is 9.39. The summed E-state index contributed by atoms with van der Waals surface area (Å²) in [5, 5.41) is 17.2. The second-order valence-electron chi connectivity index (χ2n) is 7.49. The predicted octanol–water partition coefficient (Wildman–Crippen LogP) is 2.09. The van der Waals surface area contributed by atoms with Crippen molar-refractivity contribution in [3.8, 4) is 0 Å². The number of rotatable bonds is 4. The molecule has 2 aliphatic heterocycles. The van der Waals surface area contributed by atoms with E-state index in [0.29, 0.717) is 12.6 Å². The Balaban J connectivity index is 0.00000192. The molecule has 2 bridgehead atoms. The number of piperidine rings is 2. The van der Waals surface area contributed by atoms with Crippen molar-refractivity contribution in [2.45, 2.75) is 82.0 Å². The monoisotopic (exact) mass is 436 g/mol. The van der Waals surface area contributed by atoms with Gasteiger partial charge < -0.3 is 20.6 Å².